The zero-order chi connectivity index (χ0) is 11.6. The minimum atomic E-state index is -0.0125. The van der Waals surface area contributed by atoms with E-state index in [2.05, 4.69) is 11.8 Å². The van der Waals surface area contributed by atoms with Crippen molar-refractivity contribution < 1.29 is 4.79 Å². The number of hydrogen-bond acceptors (Lipinski definition) is 2. The van der Waals surface area contributed by atoms with Crippen molar-refractivity contribution in [2.75, 3.05) is 13.1 Å². The van der Waals surface area contributed by atoms with Gasteiger partial charge in [0, 0.05) is 24.5 Å². The predicted octanol–water partition coefficient (Wildman–Crippen LogP) is 1.91. The number of likely N-dealkylation sites (tertiary alicyclic amines) is 1. The minimum absolute atomic E-state index is 0.0125. The third kappa shape index (κ3) is 2.10. The maximum atomic E-state index is 12.5. The highest BCUT2D eigenvalue weighted by Gasteiger charge is 2.42. The minimum Gasteiger partial charge on any atom is -0.342 e. The van der Waals surface area contributed by atoms with Crippen LogP contribution in [0.5, 0.6) is 0 Å². The number of carbonyl (C=O) groups excluding carboxylic acids is 1. The molecule has 1 amide bonds. The maximum absolute atomic E-state index is 12.5. The van der Waals surface area contributed by atoms with Crippen LogP contribution in [0.1, 0.15) is 51.9 Å². The number of carbonyl (C=O) groups is 1. The molecule has 0 radical (unpaired) electrons. The van der Waals surface area contributed by atoms with Crippen molar-refractivity contribution >= 4 is 5.91 Å². The maximum Gasteiger partial charge on any atom is 0.228 e. The Labute approximate surface area is 98.4 Å². The van der Waals surface area contributed by atoms with Crippen molar-refractivity contribution in [3.8, 4) is 0 Å². The van der Waals surface area contributed by atoms with Gasteiger partial charge in [0.05, 0.1) is 0 Å². The largest absolute Gasteiger partial charge is 0.342 e. The van der Waals surface area contributed by atoms with E-state index in [1.54, 1.807) is 0 Å². The fourth-order valence-corrected chi connectivity index (χ4v) is 3.21. The fraction of sp³-hybridized carbons (Fsp3) is 0.923. The van der Waals surface area contributed by atoms with Crippen LogP contribution in [0, 0.1) is 5.41 Å². The molecule has 0 bridgehead atoms. The first kappa shape index (κ1) is 11.9. The van der Waals surface area contributed by atoms with Crippen molar-refractivity contribution in [3.05, 3.63) is 0 Å². The average molecular weight is 224 g/mol. The van der Waals surface area contributed by atoms with Crippen LogP contribution >= 0.6 is 0 Å². The summed E-state index contributed by atoms with van der Waals surface area (Å²) in [7, 11) is 0. The monoisotopic (exact) mass is 224 g/mol. The fourth-order valence-electron chi connectivity index (χ4n) is 3.21. The van der Waals surface area contributed by atoms with Crippen molar-refractivity contribution in [1.29, 1.82) is 0 Å². The molecule has 16 heavy (non-hydrogen) atoms. The van der Waals surface area contributed by atoms with Crippen LogP contribution in [-0.2, 0) is 4.79 Å². The highest BCUT2D eigenvalue weighted by atomic mass is 16.2. The first-order valence-corrected chi connectivity index (χ1v) is 6.73. The summed E-state index contributed by atoms with van der Waals surface area (Å²) in [5.74, 6) is 0.416. The van der Waals surface area contributed by atoms with Crippen molar-refractivity contribution in [3.63, 3.8) is 0 Å². The number of rotatable bonds is 2. The third-order valence-electron chi connectivity index (χ3n) is 4.52. The number of nitrogens with zero attached hydrogens (tertiary/aromatic N) is 1. The predicted molar refractivity (Wildman–Crippen MR) is 65.0 cm³/mol. The van der Waals surface area contributed by atoms with E-state index in [1.165, 1.54) is 12.8 Å². The molecular formula is C13H24N2O. The molecule has 3 nitrogen and oxygen atoms in total. The summed E-state index contributed by atoms with van der Waals surface area (Å²) in [6.45, 7) is 3.92. The van der Waals surface area contributed by atoms with E-state index in [0.29, 0.717) is 11.9 Å². The zero-order valence-corrected chi connectivity index (χ0v) is 10.4. The molecule has 0 atom stereocenters. The smallest absolute Gasteiger partial charge is 0.228 e. The van der Waals surface area contributed by atoms with E-state index in [4.69, 9.17) is 5.73 Å². The molecule has 2 N–H and O–H groups in total. The van der Waals surface area contributed by atoms with Crippen LogP contribution in [-0.4, -0.2) is 29.9 Å². The van der Waals surface area contributed by atoms with Crippen LogP contribution in [0.3, 0.4) is 0 Å². The molecule has 0 aromatic heterocycles. The second-order valence-electron chi connectivity index (χ2n) is 5.47. The molecule has 1 saturated heterocycles. The summed E-state index contributed by atoms with van der Waals surface area (Å²) in [5, 5.41) is 0. The Morgan fingerprint density at radius 3 is 2.38 bits per heavy atom. The molecule has 1 saturated carbocycles. The van der Waals surface area contributed by atoms with Gasteiger partial charge in [-0.25, -0.2) is 0 Å². The van der Waals surface area contributed by atoms with Gasteiger partial charge in [0.1, 0.15) is 0 Å². The van der Waals surface area contributed by atoms with E-state index in [-0.39, 0.29) is 5.41 Å². The van der Waals surface area contributed by atoms with Crippen LogP contribution in [0.15, 0.2) is 0 Å². The van der Waals surface area contributed by atoms with Gasteiger partial charge in [0.15, 0.2) is 0 Å². The van der Waals surface area contributed by atoms with E-state index in [0.717, 1.165) is 45.2 Å². The van der Waals surface area contributed by atoms with Gasteiger partial charge >= 0.3 is 0 Å². The topological polar surface area (TPSA) is 46.3 Å². The second-order valence-corrected chi connectivity index (χ2v) is 5.47. The lowest BCUT2D eigenvalue weighted by Crippen LogP contribution is -2.48. The molecule has 2 fully saturated rings. The van der Waals surface area contributed by atoms with Gasteiger partial charge < -0.3 is 10.6 Å². The molecule has 2 aliphatic rings. The van der Waals surface area contributed by atoms with Gasteiger partial charge in [-0.2, -0.15) is 0 Å². The summed E-state index contributed by atoms with van der Waals surface area (Å²) < 4.78 is 0. The Morgan fingerprint density at radius 1 is 1.31 bits per heavy atom. The lowest BCUT2D eigenvalue weighted by atomic mass is 9.81. The molecule has 0 aromatic carbocycles. The number of nitrogens with two attached hydrogens (primary N) is 1. The van der Waals surface area contributed by atoms with Gasteiger partial charge in [0.25, 0.3) is 0 Å². The summed E-state index contributed by atoms with van der Waals surface area (Å²) >= 11 is 0. The summed E-state index contributed by atoms with van der Waals surface area (Å²) in [6, 6.07) is 0.310. The highest BCUT2D eigenvalue weighted by Crippen LogP contribution is 2.42. The molecule has 1 aliphatic heterocycles. The number of piperidine rings is 1. The second kappa shape index (κ2) is 4.74. The van der Waals surface area contributed by atoms with Crippen molar-refractivity contribution in [2.24, 2.45) is 11.1 Å². The average Bonchev–Trinajstić information content (AvgIpc) is 2.79. The molecule has 1 heterocycles. The van der Waals surface area contributed by atoms with Gasteiger partial charge in [-0.05, 0) is 32.1 Å². The molecule has 92 valence electrons. The first-order valence-electron chi connectivity index (χ1n) is 6.73. The Bertz CT molecular complexity index is 251. The van der Waals surface area contributed by atoms with Crippen LogP contribution in [0.25, 0.3) is 0 Å². The highest BCUT2D eigenvalue weighted by molar-refractivity contribution is 5.83. The first-order chi connectivity index (χ1) is 7.68. The Balaban J connectivity index is 2.00. The quantitative estimate of drug-likeness (QED) is 0.778. The van der Waals surface area contributed by atoms with Gasteiger partial charge in [-0.1, -0.05) is 19.8 Å². The number of amides is 1. The standard InChI is InChI=1S/C13H24N2O/c1-2-13(7-3-4-8-13)12(16)15-9-5-11(14)6-10-15/h11H,2-10,14H2,1H3. The lowest BCUT2D eigenvalue weighted by molar-refractivity contribution is -0.143. The molecule has 0 unspecified atom stereocenters. The van der Waals surface area contributed by atoms with E-state index >= 15 is 0 Å². The number of hydrogen-bond donors (Lipinski definition) is 1. The molecule has 0 spiro atoms. The molecular weight excluding hydrogens is 200 g/mol. The molecule has 3 heteroatoms. The molecule has 2 rings (SSSR count). The Kier molecular flexibility index (Phi) is 3.53. The summed E-state index contributed by atoms with van der Waals surface area (Å²) in [4.78, 5) is 14.6. The van der Waals surface area contributed by atoms with Crippen LogP contribution < -0.4 is 5.73 Å². The Morgan fingerprint density at radius 2 is 1.88 bits per heavy atom. The van der Waals surface area contributed by atoms with Gasteiger partial charge in [0.2, 0.25) is 5.91 Å². The van der Waals surface area contributed by atoms with Gasteiger partial charge in [-0.15, -0.1) is 0 Å². The SMILES string of the molecule is CCC1(C(=O)N2CCC(N)CC2)CCCC1. The summed E-state index contributed by atoms with van der Waals surface area (Å²) in [5.41, 5.74) is 5.87. The van der Waals surface area contributed by atoms with E-state index in [9.17, 15) is 4.79 Å². The van der Waals surface area contributed by atoms with Crippen molar-refractivity contribution in [2.45, 2.75) is 57.9 Å². The zero-order valence-electron chi connectivity index (χ0n) is 10.4. The molecule has 1 aliphatic carbocycles. The third-order valence-corrected chi connectivity index (χ3v) is 4.52. The van der Waals surface area contributed by atoms with E-state index < -0.39 is 0 Å². The van der Waals surface area contributed by atoms with E-state index in [1.807, 2.05) is 0 Å². The molecule has 0 aromatic rings. The lowest BCUT2D eigenvalue weighted by Gasteiger charge is -2.37. The van der Waals surface area contributed by atoms with Crippen LogP contribution in [0.4, 0.5) is 0 Å². The van der Waals surface area contributed by atoms with Crippen LogP contribution in [0.2, 0.25) is 0 Å². The summed E-state index contributed by atoms with van der Waals surface area (Å²) in [6.07, 6.45) is 7.63. The van der Waals surface area contributed by atoms with Gasteiger partial charge in [-0.3, -0.25) is 4.79 Å². The van der Waals surface area contributed by atoms with Crippen molar-refractivity contribution in [1.82, 2.24) is 4.90 Å². The normalized spacial score (nSPS) is 26.0. The Hall–Kier alpha value is -0.570.